The number of ether oxygens (including phenoxy) is 1. The molecule has 1 aliphatic carbocycles. The molecule has 3 nitrogen and oxygen atoms in total. The Balaban J connectivity index is 2.32. The van der Waals surface area contributed by atoms with Crippen LogP contribution in [0.15, 0.2) is 12.1 Å². The van der Waals surface area contributed by atoms with E-state index in [2.05, 4.69) is 38.3 Å². The molecule has 100 valence electrons. The van der Waals surface area contributed by atoms with Gasteiger partial charge in [-0.25, -0.2) is 0 Å². The lowest BCUT2D eigenvalue weighted by Gasteiger charge is -2.26. The van der Waals surface area contributed by atoms with E-state index in [4.69, 9.17) is 10.6 Å². The minimum absolute atomic E-state index is 0.238. The highest BCUT2D eigenvalue weighted by molar-refractivity contribution is 5.43. The number of methoxy groups -OCH3 is 1. The molecule has 18 heavy (non-hydrogen) atoms. The Bertz CT molecular complexity index is 427. The van der Waals surface area contributed by atoms with Crippen molar-refractivity contribution in [3.63, 3.8) is 0 Å². The van der Waals surface area contributed by atoms with Crippen molar-refractivity contribution in [1.29, 1.82) is 0 Å². The van der Waals surface area contributed by atoms with Gasteiger partial charge in [0.1, 0.15) is 5.75 Å². The van der Waals surface area contributed by atoms with E-state index in [1.807, 2.05) is 0 Å². The first-order valence-corrected chi connectivity index (χ1v) is 6.69. The molecule has 2 atom stereocenters. The zero-order valence-corrected chi connectivity index (χ0v) is 11.8. The predicted molar refractivity (Wildman–Crippen MR) is 74.4 cm³/mol. The fourth-order valence-corrected chi connectivity index (χ4v) is 2.79. The van der Waals surface area contributed by atoms with Crippen LogP contribution in [0, 0.1) is 25.7 Å². The quantitative estimate of drug-likeness (QED) is 0.622. The van der Waals surface area contributed by atoms with E-state index < -0.39 is 0 Å². The standard InChI is InChI=1S/C15H24N2O/c1-9-8-14(18-4)10(2)7-13(9)15(17-16)11(3)12-5-6-12/h7-8,11-12,15,17H,5-6,16H2,1-4H3. The Kier molecular flexibility index (Phi) is 3.93. The minimum Gasteiger partial charge on any atom is -0.496 e. The number of hydrogen-bond donors (Lipinski definition) is 2. The van der Waals surface area contributed by atoms with Crippen LogP contribution in [-0.4, -0.2) is 7.11 Å². The Hall–Kier alpha value is -1.06. The van der Waals surface area contributed by atoms with Gasteiger partial charge in [-0.15, -0.1) is 0 Å². The zero-order chi connectivity index (χ0) is 13.3. The number of nitrogens with two attached hydrogens (primary N) is 1. The average molecular weight is 248 g/mol. The summed E-state index contributed by atoms with van der Waals surface area (Å²) in [5.41, 5.74) is 6.72. The van der Waals surface area contributed by atoms with Gasteiger partial charge in [-0.2, -0.15) is 0 Å². The van der Waals surface area contributed by atoms with Gasteiger partial charge in [0.05, 0.1) is 7.11 Å². The summed E-state index contributed by atoms with van der Waals surface area (Å²) < 4.78 is 5.36. The molecule has 1 aromatic carbocycles. The highest BCUT2D eigenvalue weighted by atomic mass is 16.5. The first-order chi connectivity index (χ1) is 8.58. The molecule has 0 heterocycles. The molecule has 0 amide bonds. The van der Waals surface area contributed by atoms with E-state index in [1.54, 1.807) is 7.11 Å². The smallest absolute Gasteiger partial charge is 0.122 e. The Morgan fingerprint density at radius 3 is 2.44 bits per heavy atom. The Labute approximate surface area is 110 Å². The van der Waals surface area contributed by atoms with E-state index in [0.717, 1.165) is 11.7 Å². The molecule has 1 saturated carbocycles. The summed E-state index contributed by atoms with van der Waals surface area (Å²) in [7, 11) is 1.72. The zero-order valence-electron chi connectivity index (χ0n) is 11.8. The summed E-state index contributed by atoms with van der Waals surface area (Å²) in [6.07, 6.45) is 2.68. The van der Waals surface area contributed by atoms with Crippen LogP contribution in [-0.2, 0) is 0 Å². The molecule has 0 aromatic heterocycles. The number of rotatable bonds is 5. The molecule has 2 rings (SSSR count). The van der Waals surface area contributed by atoms with Crippen LogP contribution in [0.5, 0.6) is 5.75 Å². The second-order valence-corrected chi connectivity index (χ2v) is 5.52. The summed E-state index contributed by atoms with van der Waals surface area (Å²) in [6.45, 7) is 6.50. The number of aryl methyl sites for hydroxylation is 2. The average Bonchev–Trinajstić information content (AvgIpc) is 3.17. The van der Waals surface area contributed by atoms with E-state index in [1.165, 1.54) is 29.5 Å². The van der Waals surface area contributed by atoms with Gasteiger partial charge in [0.15, 0.2) is 0 Å². The van der Waals surface area contributed by atoms with Crippen LogP contribution in [0.25, 0.3) is 0 Å². The predicted octanol–water partition coefficient (Wildman–Crippen LogP) is 2.86. The minimum atomic E-state index is 0.238. The lowest BCUT2D eigenvalue weighted by molar-refractivity contribution is 0.352. The number of benzene rings is 1. The number of hydrazine groups is 1. The van der Waals surface area contributed by atoms with Gasteiger partial charge >= 0.3 is 0 Å². The van der Waals surface area contributed by atoms with E-state index in [0.29, 0.717) is 5.92 Å². The maximum atomic E-state index is 5.78. The van der Waals surface area contributed by atoms with Crippen LogP contribution >= 0.6 is 0 Å². The summed E-state index contributed by atoms with van der Waals surface area (Å²) >= 11 is 0. The van der Waals surface area contributed by atoms with Crippen molar-refractivity contribution in [3.8, 4) is 5.75 Å². The first kappa shape index (κ1) is 13.4. The van der Waals surface area contributed by atoms with E-state index in [9.17, 15) is 0 Å². The summed E-state index contributed by atoms with van der Waals surface area (Å²) in [4.78, 5) is 0. The van der Waals surface area contributed by atoms with E-state index in [-0.39, 0.29) is 6.04 Å². The largest absolute Gasteiger partial charge is 0.496 e. The van der Waals surface area contributed by atoms with Gasteiger partial charge in [0.25, 0.3) is 0 Å². The Morgan fingerprint density at radius 2 is 1.94 bits per heavy atom. The van der Waals surface area contributed by atoms with Gasteiger partial charge < -0.3 is 4.74 Å². The molecular weight excluding hydrogens is 224 g/mol. The topological polar surface area (TPSA) is 47.3 Å². The molecule has 2 unspecified atom stereocenters. The first-order valence-electron chi connectivity index (χ1n) is 6.69. The van der Waals surface area contributed by atoms with Crippen LogP contribution in [0.3, 0.4) is 0 Å². The second kappa shape index (κ2) is 5.29. The number of hydrogen-bond acceptors (Lipinski definition) is 3. The molecule has 0 radical (unpaired) electrons. The van der Waals surface area contributed by atoms with E-state index >= 15 is 0 Å². The third kappa shape index (κ3) is 2.52. The van der Waals surface area contributed by atoms with Crippen LogP contribution in [0.4, 0.5) is 0 Å². The molecule has 1 aromatic rings. The van der Waals surface area contributed by atoms with Gasteiger partial charge in [-0.3, -0.25) is 11.3 Å². The van der Waals surface area contributed by atoms with Gasteiger partial charge in [0, 0.05) is 6.04 Å². The molecular formula is C15H24N2O. The Morgan fingerprint density at radius 1 is 1.28 bits per heavy atom. The van der Waals surface area contributed by atoms with Crippen molar-refractivity contribution in [1.82, 2.24) is 5.43 Å². The highest BCUT2D eigenvalue weighted by Gasteiger charge is 2.34. The highest BCUT2D eigenvalue weighted by Crippen LogP contribution is 2.43. The lowest BCUT2D eigenvalue weighted by Crippen LogP contribution is -2.34. The van der Waals surface area contributed by atoms with Crippen molar-refractivity contribution in [3.05, 3.63) is 28.8 Å². The third-order valence-electron chi connectivity index (χ3n) is 4.19. The van der Waals surface area contributed by atoms with Gasteiger partial charge in [-0.1, -0.05) is 13.0 Å². The van der Waals surface area contributed by atoms with Crippen LogP contribution in [0.2, 0.25) is 0 Å². The fourth-order valence-electron chi connectivity index (χ4n) is 2.79. The van der Waals surface area contributed by atoms with Crippen LogP contribution < -0.4 is 16.0 Å². The maximum absolute atomic E-state index is 5.78. The van der Waals surface area contributed by atoms with Crippen molar-refractivity contribution < 1.29 is 4.74 Å². The molecule has 0 aliphatic heterocycles. The summed E-state index contributed by atoms with van der Waals surface area (Å²) in [5.74, 6) is 8.14. The monoisotopic (exact) mass is 248 g/mol. The second-order valence-electron chi connectivity index (χ2n) is 5.52. The molecule has 1 aliphatic rings. The number of nitrogens with one attached hydrogen (secondary N) is 1. The summed E-state index contributed by atoms with van der Waals surface area (Å²) in [5, 5.41) is 0. The summed E-state index contributed by atoms with van der Waals surface area (Å²) in [6, 6.07) is 4.55. The molecule has 0 spiro atoms. The van der Waals surface area contributed by atoms with Crippen molar-refractivity contribution in [2.24, 2.45) is 17.7 Å². The lowest BCUT2D eigenvalue weighted by atomic mass is 9.88. The van der Waals surface area contributed by atoms with Crippen molar-refractivity contribution in [2.75, 3.05) is 7.11 Å². The molecule has 1 fully saturated rings. The SMILES string of the molecule is COc1cc(C)c(C(NN)C(C)C2CC2)cc1C. The third-order valence-corrected chi connectivity index (χ3v) is 4.19. The maximum Gasteiger partial charge on any atom is 0.122 e. The molecule has 3 heteroatoms. The normalized spacial score (nSPS) is 18.5. The van der Waals surface area contributed by atoms with Gasteiger partial charge in [0.2, 0.25) is 0 Å². The fraction of sp³-hybridized carbons (Fsp3) is 0.600. The molecule has 0 saturated heterocycles. The molecule has 0 bridgehead atoms. The molecule has 3 N–H and O–H groups in total. The van der Waals surface area contributed by atoms with Gasteiger partial charge in [-0.05, 0) is 61.3 Å². The van der Waals surface area contributed by atoms with Crippen LogP contribution in [0.1, 0.15) is 42.5 Å². The van der Waals surface area contributed by atoms with Crippen molar-refractivity contribution in [2.45, 2.75) is 39.7 Å². The van der Waals surface area contributed by atoms with Crippen molar-refractivity contribution >= 4 is 0 Å².